The number of aryl methyl sites for hydroxylation is 1. The van der Waals surface area contributed by atoms with E-state index in [1.807, 2.05) is 31.2 Å². The van der Waals surface area contributed by atoms with Gasteiger partial charge < -0.3 is 15.2 Å². The first-order chi connectivity index (χ1) is 13.7. The maximum atomic E-state index is 4.65. The lowest BCUT2D eigenvalue weighted by molar-refractivity contribution is 0.940. The number of para-hydroxylation sites is 2. The van der Waals surface area contributed by atoms with E-state index in [1.54, 1.807) is 0 Å². The van der Waals surface area contributed by atoms with Gasteiger partial charge in [0.05, 0.1) is 0 Å². The predicted molar refractivity (Wildman–Crippen MR) is 116 cm³/mol. The van der Waals surface area contributed by atoms with Gasteiger partial charge in [0.25, 0.3) is 0 Å². The first-order valence-corrected chi connectivity index (χ1v) is 9.71. The molecular formula is C23H25N5. The van der Waals surface area contributed by atoms with Crippen LogP contribution in [-0.2, 0) is 6.42 Å². The lowest BCUT2D eigenvalue weighted by Crippen LogP contribution is -2.18. The molecule has 0 aliphatic carbocycles. The number of fused-ring (bicyclic) bond motifs is 1. The molecule has 28 heavy (non-hydrogen) atoms. The summed E-state index contributed by atoms with van der Waals surface area (Å²) in [6, 6.07) is 20.8. The number of nitrogens with zero attached hydrogens (tertiary/aromatic N) is 3. The van der Waals surface area contributed by atoms with Crippen LogP contribution < -0.4 is 10.2 Å². The highest BCUT2D eigenvalue weighted by molar-refractivity contribution is 5.83. The van der Waals surface area contributed by atoms with Gasteiger partial charge in [-0.2, -0.15) is 0 Å². The quantitative estimate of drug-likeness (QED) is 0.476. The van der Waals surface area contributed by atoms with Crippen LogP contribution in [0.5, 0.6) is 0 Å². The van der Waals surface area contributed by atoms with Gasteiger partial charge in [-0.05, 0) is 44.0 Å². The molecular weight excluding hydrogens is 346 g/mol. The van der Waals surface area contributed by atoms with Crippen LogP contribution in [0.25, 0.3) is 10.9 Å². The van der Waals surface area contributed by atoms with E-state index >= 15 is 0 Å². The summed E-state index contributed by atoms with van der Waals surface area (Å²) in [7, 11) is 0. The van der Waals surface area contributed by atoms with Crippen LogP contribution in [0.4, 0.5) is 17.3 Å². The van der Waals surface area contributed by atoms with Gasteiger partial charge in [0.1, 0.15) is 17.5 Å². The van der Waals surface area contributed by atoms with Crippen molar-refractivity contribution in [2.24, 2.45) is 0 Å². The molecule has 0 amide bonds. The van der Waals surface area contributed by atoms with Crippen molar-refractivity contribution in [3.63, 3.8) is 0 Å². The molecule has 2 aromatic heterocycles. The van der Waals surface area contributed by atoms with E-state index in [2.05, 4.69) is 74.7 Å². The maximum absolute atomic E-state index is 4.65. The summed E-state index contributed by atoms with van der Waals surface area (Å²) in [5.41, 5.74) is 3.63. The average Bonchev–Trinajstić information content (AvgIpc) is 3.12. The molecule has 142 valence electrons. The van der Waals surface area contributed by atoms with Crippen molar-refractivity contribution in [1.29, 1.82) is 0 Å². The zero-order valence-corrected chi connectivity index (χ0v) is 16.3. The van der Waals surface area contributed by atoms with Gasteiger partial charge in [0.15, 0.2) is 0 Å². The second-order valence-corrected chi connectivity index (χ2v) is 6.77. The molecule has 0 fully saturated rings. The van der Waals surface area contributed by atoms with Crippen molar-refractivity contribution in [1.82, 2.24) is 15.0 Å². The number of aromatic nitrogens is 3. The van der Waals surface area contributed by atoms with Crippen LogP contribution in [0.1, 0.15) is 18.3 Å². The molecule has 2 aromatic carbocycles. The number of nitrogens with one attached hydrogen (secondary N) is 2. The van der Waals surface area contributed by atoms with Gasteiger partial charge >= 0.3 is 0 Å². The second-order valence-electron chi connectivity index (χ2n) is 6.77. The highest BCUT2D eigenvalue weighted by atomic mass is 15.2. The Morgan fingerprint density at radius 3 is 2.61 bits per heavy atom. The van der Waals surface area contributed by atoms with Crippen LogP contribution in [0.3, 0.4) is 0 Å². The Labute approximate surface area is 165 Å². The average molecular weight is 371 g/mol. The number of rotatable bonds is 7. The van der Waals surface area contributed by atoms with E-state index in [1.165, 1.54) is 16.5 Å². The van der Waals surface area contributed by atoms with E-state index in [4.69, 9.17) is 0 Å². The minimum Gasteiger partial charge on any atom is -0.370 e. The molecule has 4 aromatic rings. The first-order valence-electron chi connectivity index (χ1n) is 9.71. The summed E-state index contributed by atoms with van der Waals surface area (Å²) < 4.78 is 0. The van der Waals surface area contributed by atoms with Gasteiger partial charge in [-0.15, -0.1) is 0 Å². The van der Waals surface area contributed by atoms with Crippen molar-refractivity contribution in [3.8, 4) is 0 Å². The van der Waals surface area contributed by atoms with Crippen LogP contribution in [-0.4, -0.2) is 28.0 Å². The number of hydrogen-bond donors (Lipinski definition) is 2. The van der Waals surface area contributed by atoms with E-state index < -0.39 is 0 Å². The summed E-state index contributed by atoms with van der Waals surface area (Å²) in [4.78, 5) is 14.7. The van der Waals surface area contributed by atoms with Crippen molar-refractivity contribution in [2.75, 3.05) is 23.3 Å². The summed E-state index contributed by atoms with van der Waals surface area (Å²) in [5.74, 6) is 2.54. The second kappa shape index (κ2) is 8.13. The van der Waals surface area contributed by atoms with Crippen LogP contribution in [0, 0.1) is 6.92 Å². The molecule has 5 heteroatoms. The monoisotopic (exact) mass is 371 g/mol. The zero-order valence-electron chi connectivity index (χ0n) is 16.3. The fraction of sp³-hybridized carbons (Fsp3) is 0.217. The molecule has 0 saturated carbocycles. The molecule has 5 nitrogen and oxygen atoms in total. The number of benzene rings is 2. The Balaban J connectivity index is 1.49. The fourth-order valence-corrected chi connectivity index (χ4v) is 3.53. The largest absolute Gasteiger partial charge is 0.370 e. The molecule has 2 heterocycles. The summed E-state index contributed by atoms with van der Waals surface area (Å²) >= 11 is 0. The maximum Gasteiger partial charge on any atom is 0.138 e. The standard InChI is InChI=1S/C23H25N5/c1-3-28(19-9-5-4-6-10-19)23-15-22(26-17(2)27-23)24-14-13-18-16-25-21-12-8-7-11-20(18)21/h4-12,15-16,25H,3,13-14H2,1-2H3,(H,24,26,27). The smallest absolute Gasteiger partial charge is 0.138 e. The van der Waals surface area contributed by atoms with Crippen LogP contribution in [0.15, 0.2) is 66.9 Å². The predicted octanol–water partition coefficient (Wildman–Crippen LogP) is 5.08. The Morgan fingerprint density at radius 2 is 1.79 bits per heavy atom. The lowest BCUT2D eigenvalue weighted by Gasteiger charge is -2.23. The number of anilines is 3. The molecule has 2 N–H and O–H groups in total. The van der Waals surface area contributed by atoms with Crippen molar-refractivity contribution in [3.05, 3.63) is 78.2 Å². The Hall–Kier alpha value is -3.34. The summed E-state index contributed by atoms with van der Waals surface area (Å²) in [6.45, 7) is 5.73. The molecule has 0 aliphatic heterocycles. The van der Waals surface area contributed by atoms with Gasteiger partial charge in [0, 0.05) is 41.9 Å². The molecule has 0 atom stereocenters. The number of hydrogen-bond acceptors (Lipinski definition) is 4. The fourth-order valence-electron chi connectivity index (χ4n) is 3.53. The van der Waals surface area contributed by atoms with Gasteiger partial charge in [-0.25, -0.2) is 9.97 Å². The highest BCUT2D eigenvalue weighted by Crippen LogP contribution is 2.25. The third-order valence-corrected chi connectivity index (χ3v) is 4.86. The van der Waals surface area contributed by atoms with Crippen molar-refractivity contribution >= 4 is 28.2 Å². The Morgan fingerprint density at radius 1 is 1.00 bits per heavy atom. The molecule has 0 saturated heterocycles. The van der Waals surface area contributed by atoms with Gasteiger partial charge in [-0.3, -0.25) is 0 Å². The molecule has 0 bridgehead atoms. The van der Waals surface area contributed by atoms with E-state index in [0.717, 1.165) is 42.7 Å². The highest BCUT2D eigenvalue weighted by Gasteiger charge is 2.11. The van der Waals surface area contributed by atoms with E-state index in [9.17, 15) is 0 Å². The molecule has 0 spiro atoms. The first kappa shape index (κ1) is 18.0. The van der Waals surface area contributed by atoms with E-state index in [0.29, 0.717) is 0 Å². The summed E-state index contributed by atoms with van der Waals surface area (Å²) in [6.07, 6.45) is 3.02. The topological polar surface area (TPSA) is 56.8 Å². The normalized spacial score (nSPS) is 10.9. The lowest BCUT2D eigenvalue weighted by atomic mass is 10.1. The summed E-state index contributed by atoms with van der Waals surface area (Å²) in [5, 5.41) is 4.75. The Kier molecular flexibility index (Phi) is 5.24. The Bertz CT molecular complexity index is 1050. The third kappa shape index (κ3) is 3.83. The number of H-pyrrole nitrogens is 1. The molecule has 0 unspecified atom stereocenters. The SMILES string of the molecule is CCN(c1ccccc1)c1cc(NCCc2c[nH]c3ccccc23)nc(C)n1. The third-order valence-electron chi connectivity index (χ3n) is 4.86. The number of aromatic amines is 1. The van der Waals surface area contributed by atoms with Crippen molar-refractivity contribution < 1.29 is 0 Å². The van der Waals surface area contributed by atoms with Gasteiger partial charge in [-0.1, -0.05) is 36.4 Å². The zero-order chi connectivity index (χ0) is 19.3. The van der Waals surface area contributed by atoms with Gasteiger partial charge in [0.2, 0.25) is 0 Å². The van der Waals surface area contributed by atoms with Crippen molar-refractivity contribution in [2.45, 2.75) is 20.3 Å². The van der Waals surface area contributed by atoms with E-state index in [-0.39, 0.29) is 0 Å². The minimum atomic E-state index is 0.765. The molecule has 0 aliphatic rings. The molecule has 0 radical (unpaired) electrons. The molecule has 4 rings (SSSR count). The minimum absolute atomic E-state index is 0.765. The van der Waals surface area contributed by atoms with Crippen LogP contribution >= 0.6 is 0 Å². The van der Waals surface area contributed by atoms with Crippen LogP contribution in [0.2, 0.25) is 0 Å².